The van der Waals surface area contributed by atoms with Crippen molar-refractivity contribution < 1.29 is 14.3 Å². The molecular formula is C22H24N4O3. The van der Waals surface area contributed by atoms with E-state index in [1.54, 1.807) is 17.0 Å². The zero-order valence-corrected chi connectivity index (χ0v) is 16.2. The molecule has 0 bridgehead atoms. The third kappa shape index (κ3) is 4.56. The summed E-state index contributed by atoms with van der Waals surface area (Å²) < 4.78 is 7.81. The van der Waals surface area contributed by atoms with Crippen LogP contribution < -0.4 is 10.5 Å². The van der Waals surface area contributed by atoms with E-state index < -0.39 is 0 Å². The van der Waals surface area contributed by atoms with Crippen LogP contribution in [0, 0.1) is 5.92 Å². The summed E-state index contributed by atoms with van der Waals surface area (Å²) in [6.45, 7) is 1.58. The van der Waals surface area contributed by atoms with Gasteiger partial charge in [0.2, 0.25) is 5.91 Å². The minimum absolute atomic E-state index is 0.0441. The van der Waals surface area contributed by atoms with Crippen LogP contribution in [0.5, 0.6) is 5.75 Å². The average molecular weight is 392 g/mol. The number of aromatic nitrogens is 2. The van der Waals surface area contributed by atoms with Gasteiger partial charge in [-0.05, 0) is 49.1 Å². The van der Waals surface area contributed by atoms with Crippen LogP contribution in [-0.2, 0) is 11.4 Å². The van der Waals surface area contributed by atoms with Crippen LogP contribution in [0.4, 0.5) is 0 Å². The Balaban J connectivity index is 1.41. The van der Waals surface area contributed by atoms with Crippen LogP contribution in [0.15, 0.2) is 54.9 Å². The molecule has 0 spiro atoms. The number of pyridine rings is 1. The zero-order chi connectivity index (χ0) is 20.2. The highest BCUT2D eigenvalue weighted by Crippen LogP contribution is 2.23. The number of fused-ring (bicyclic) bond motifs is 1. The number of ether oxygens (including phenoxy) is 1. The Kier molecular flexibility index (Phi) is 5.46. The summed E-state index contributed by atoms with van der Waals surface area (Å²) in [6, 6.07) is 13.0. The van der Waals surface area contributed by atoms with E-state index in [2.05, 4.69) is 4.98 Å². The Bertz CT molecular complexity index is 997. The van der Waals surface area contributed by atoms with Gasteiger partial charge in [0.05, 0.1) is 5.69 Å². The van der Waals surface area contributed by atoms with Crippen LogP contribution in [0.2, 0.25) is 0 Å². The highest BCUT2D eigenvalue weighted by molar-refractivity contribution is 5.94. The molecule has 150 valence electrons. The second kappa shape index (κ2) is 8.34. The monoisotopic (exact) mass is 392 g/mol. The van der Waals surface area contributed by atoms with Crippen molar-refractivity contribution in [3.63, 3.8) is 0 Å². The van der Waals surface area contributed by atoms with Crippen molar-refractivity contribution in [3.05, 3.63) is 66.1 Å². The Hall–Kier alpha value is -3.35. The number of primary amides is 1. The van der Waals surface area contributed by atoms with Crippen molar-refractivity contribution >= 4 is 17.5 Å². The second-order valence-corrected chi connectivity index (χ2v) is 7.44. The molecule has 1 aliphatic heterocycles. The Morgan fingerprint density at radius 3 is 2.93 bits per heavy atom. The van der Waals surface area contributed by atoms with Gasteiger partial charge >= 0.3 is 0 Å². The highest BCUT2D eigenvalue weighted by atomic mass is 16.5. The van der Waals surface area contributed by atoms with E-state index in [1.807, 2.05) is 47.1 Å². The molecule has 0 aliphatic carbocycles. The normalized spacial score (nSPS) is 16.7. The predicted octanol–water partition coefficient (Wildman–Crippen LogP) is 2.64. The number of imidazole rings is 1. The average Bonchev–Trinajstić information content (AvgIpc) is 3.15. The summed E-state index contributed by atoms with van der Waals surface area (Å²) in [4.78, 5) is 30.4. The van der Waals surface area contributed by atoms with Crippen molar-refractivity contribution in [1.82, 2.24) is 14.3 Å². The number of carbonyl (C=O) groups excluding carboxylic acids is 2. The van der Waals surface area contributed by atoms with E-state index in [-0.39, 0.29) is 17.7 Å². The minimum Gasteiger partial charge on any atom is -0.487 e. The van der Waals surface area contributed by atoms with Crippen LogP contribution in [0.1, 0.15) is 35.3 Å². The number of nitrogens with two attached hydrogens (primary N) is 1. The molecule has 2 amide bonds. The summed E-state index contributed by atoms with van der Waals surface area (Å²) in [7, 11) is 0. The van der Waals surface area contributed by atoms with E-state index in [4.69, 9.17) is 10.5 Å². The molecule has 0 radical (unpaired) electrons. The van der Waals surface area contributed by atoms with Gasteiger partial charge in [-0.25, -0.2) is 4.98 Å². The van der Waals surface area contributed by atoms with Crippen molar-refractivity contribution in [1.29, 1.82) is 0 Å². The second-order valence-electron chi connectivity index (χ2n) is 7.44. The number of piperidine rings is 1. The molecular weight excluding hydrogens is 368 g/mol. The third-order valence-corrected chi connectivity index (χ3v) is 5.18. The van der Waals surface area contributed by atoms with E-state index in [0.717, 1.165) is 24.2 Å². The fraction of sp³-hybridized carbons (Fsp3) is 0.318. The van der Waals surface area contributed by atoms with Gasteiger partial charge in [-0.3, -0.25) is 9.59 Å². The minimum atomic E-state index is -0.313. The molecule has 4 rings (SSSR count). The smallest absolute Gasteiger partial charge is 0.253 e. The first-order chi connectivity index (χ1) is 14.1. The topological polar surface area (TPSA) is 89.9 Å². The first-order valence-electron chi connectivity index (χ1n) is 9.81. The van der Waals surface area contributed by atoms with Crippen molar-refractivity contribution in [2.24, 2.45) is 11.7 Å². The zero-order valence-electron chi connectivity index (χ0n) is 16.2. The molecule has 1 atom stereocenters. The van der Waals surface area contributed by atoms with Crippen LogP contribution in [0.25, 0.3) is 5.65 Å². The maximum atomic E-state index is 12.9. The largest absolute Gasteiger partial charge is 0.487 e. The van der Waals surface area contributed by atoms with Crippen molar-refractivity contribution in [2.45, 2.75) is 25.9 Å². The molecule has 1 fully saturated rings. The first-order valence-corrected chi connectivity index (χ1v) is 9.81. The van der Waals surface area contributed by atoms with Gasteiger partial charge in [0.25, 0.3) is 5.91 Å². The van der Waals surface area contributed by atoms with E-state index in [9.17, 15) is 9.59 Å². The lowest BCUT2D eigenvalue weighted by molar-refractivity contribution is -0.119. The molecule has 0 saturated carbocycles. The Labute approximate surface area is 169 Å². The molecule has 29 heavy (non-hydrogen) atoms. The number of nitrogens with zero attached hydrogens (tertiary/aromatic N) is 3. The molecule has 1 saturated heterocycles. The van der Waals surface area contributed by atoms with Gasteiger partial charge < -0.3 is 19.8 Å². The molecule has 1 aliphatic rings. The van der Waals surface area contributed by atoms with Gasteiger partial charge in [-0.2, -0.15) is 0 Å². The third-order valence-electron chi connectivity index (χ3n) is 5.18. The van der Waals surface area contributed by atoms with Crippen molar-refractivity contribution in [3.8, 4) is 5.75 Å². The quantitative estimate of drug-likeness (QED) is 0.698. The SMILES string of the molecule is NC(=O)CC1CCCN(C(=O)c2cccc(OCc3cn4ccccc4n3)c2)C1. The number of hydrogen-bond acceptors (Lipinski definition) is 4. The lowest BCUT2D eigenvalue weighted by Crippen LogP contribution is -2.41. The fourth-order valence-electron chi connectivity index (χ4n) is 3.82. The van der Waals surface area contributed by atoms with Gasteiger partial charge in [0, 0.05) is 37.5 Å². The number of hydrogen-bond donors (Lipinski definition) is 1. The van der Waals surface area contributed by atoms with Crippen molar-refractivity contribution in [2.75, 3.05) is 13.1 Å². The van der Waals surface area contributed by atoms with Gasteiger partial charge in [0.1, 0.15) is 18.0 Å². The molecule has 7 heteroatoms. The molecule has 3 aromatic rings. The maximum Gasteiger partial charge on any atom is 0.253 e. The fourth-order valence-corrected chi connectivity index (χ4v) is 3.82. The standard InChI is InChI=1S/C22H24N4O3/c23-20(27)11-16-5-4-10-26(13-16)22(28)17-6-3-7-19(12-17)29-15-18-14-25-9-2-1-8-21(25)24-18/h1-3,6-9,12,14,16H,4-5,10-11,13,15H2,(H2,23,27). The molecule has 2 aromatic heterocycles. The summed E-state index contributed by atoms with van der Waals surface area (Å²) in [5.41, 5.74) is 7.58. The lowest BCUT2D eigenvalue weighted by atomic mass is 9.94. The van der Waals surface area contributed by atoms with Gasteiger partial charge in [-0.15, -0.1) is 0 Å². The van der Waals surface area contributed by atoms with E-state index in [0.29, 0.717) is 37.4 Å². The molecule has 2 N–H and O–H groups in total. The molecule has 7 nitrogen and oxygen atoms in total. The number of benzene rings is 1. The highest BCUT2D eigenvalue weighted by Gasteiger charge is 2.25. The van der Waals surface area contributed by atoms with Crippen LogP contribution >= 0.6 is 0 Å². The number of amides is 2. The first kappa shape index (κ1) is 19.0. The summed E-state index contributed by atoms with van der Waals surface area (Å²) in [5.74, 6) is 0.405. The Morgan fingerprint density at radius 1 is 1.21 bits per heavy atom. The van der Waals surface area contributed by atoms with E-state index >= 15 is 0 Å². The summed E-state index contributed by atoms with van der Waals surface area (Å²) >= 11 is 0. The molecule has 1 unspecified atom stereocenters. The van der Waals surface area contributed by atoms with Crippen LogP contribution in [0.3, 0.4) is 0 Å². The summed E-state index contributed by atoms with van der Waals surface area (Å²) in [6.07, 6.45) is 6.00. The maximum absolute atomic E-state index is 12.9. The Morgan fingerprint density at radius 2 is 2.10 bits per heavy atom. The summed E-state index contributed by atoms with van der Waals surface area (Å²) in [5, 5.41) is 0. The lowest BCUT2D eigenvalue weighted by Gasteiger charge is -2.32. The van der Waals surface area contributed by atoms with Gasteiger partial charge in [-0.1, -0.05) is 12.1 Å². The number of likely N-dealkylation sites (tertiary alicyclic amines) is 1. The molecule has 3 heterocycles. The number of rotatable bonds is 6. The molecule has 1 aromatic carbocycles. The van der Waals surface area contributed by atoms with E-state index in [1.165, 1.54) is 0 Å². The van der Waals surface area contributed by atoms with Gasteiger partial charge in [0.15, 0.2) is 0 Å². The number of carbonyl (C=O) groups is 2. The van der Waals surface area contributed by atoms with Crippen LogP contribution in [-0.4, -0.2) is 39.2 Å². The predicted molar refractivity (Wildman–Crippen MR) is 108 cm³/mol.